The van der Waals surface area contributed by atoms with Gasteiger partial charge in [0.2, 0.25) is 0 Å². The number of nitrogens with zero attached hydrogens (tertiary/aromatic N) is 2. The van der Waals surface area contributed by atoms with E-state index in [0.29, 0.717) is 0 Å². The molecule has 0 bridgehead atoms. The number of aromatic amines is 1. The molecule has 1 N–H and O–H groups in total. The number of H-pyrrole nitrogens is 1. The van der Waals surface area contributed by atoms with Crippen molar-refractivity contribution in [1.29, 1.82) is 0 Å². The molecule has 0 aliphatic carbocycles. The molecule has 0 fully saturated rings. The molecule has 17 heavy (non-hydrogen) atoms. The number of rotatable bonds is 1. The fraction of sp³-hybridized carbons (Fsp3) is 0.100. The molecule has 0 spiro atoms. The van der Waals surface area contributed by atoms with Crippen LogP contribution in [0.3, 0.4) is 0 Å². The molecule has 88 valence electrons. The molecule has 2 aromatic rings. The van der Waals surface area contributed by atoms with Crippen LogP contribution in [0.1, 0.15) is 5.56 Å². The lowest BCUT2D eigenvalue weighted by Crippen LogP contribution is -2.07. The summed E-state index contributed by atoms with van der Waals surface area (Å²) in [6.07, 6.45) is 0.370. The molecular weight excluding hydrogens is 251 g/mol. The van der Waals surface area contributed by atoms with E-state index in [1.807, 2.05) is 0 Å². The van der Waals surface area contributed by atoms with Crippen LogP contribution in [0.4, 0.5) is 13.2 Å². The minimum absolute atomic E-state index is 0.0747. The number of hydrogen-bond donors (Lipinski definition) is 1. The van der Waals surface area contributed by atoms with Crippen molar-refractivity contribution in [1.82, 2.24) is 15.0 Å². The second-order valence-corrected chi connectivity index (χ2v) is 3.62. The van der Waals surface area contributed by atoms with E-state index in [4.69, 9.17) is 12.2 Å². The molecule has 0 atom stereocenters. The highest BCUT2D eigenvalue weighted by molar-refractivity contribution is 7.71. The lowest BCUT2D eigenvalue weighted by atomic mass is 10.1. The van der Waals surface area contributed by atoms with E-state index in [1.54, 1.807) is 0 Å². The van der Waals surface area contributed by atoms with Crippen molar-refractivity contribution in [3.05, 3.63) is 41.2 Å². The molecule has 0 amide bonds. The van der Waals surface area contributed by atoms with Gasteiger partial charge in [-0.15, -0.1) is 0 Å². The van der Waals surface area contributed by atoms with E-state index < -0.39 is 11.7 Å². The molecule has 0 aliphatic rings. The predicted molar refractivity (Wildman–Crippen MR) is 57.7 cm³/mol. The smallest absolute Gasteiger partial charge is 0.337 e. The summed E-state index contributed by atoms with van der Waals surface area (Å²) in [5.74, 6) is 0. The first-order chi connectivity index (χ1) is 8.00. The van der Waals surface area contributed by atoms with Crippen LogP contribution in [0.2, 0.25) is 0 Å². The second kappa shape index (κ2) is 4.25. The van der Waals surface area contributed by atoms with Gasteiger partial charge in [0.25, 0.3) is 0 Å². The number of aromatic nitrogens is 3. The summed E-state index contributed by atoms with van der Waals surface area (Å²) in [6, 6.07) is 0.914. The Morgan fingerprint density at radius 2 is 1.82 bits per heavy atom. The Kier molecular flexibility index (Phi) is 2.93. The first kappa shape index (κ1) is 11.7. The summed E-state index contributed by atoms with van der Waals surface area (Å²) in [5, 5.41) is 0. The van der Waals surface area contributed by atoms with Gasteiger partial charge in [0.1, 0.15) is 4.64 Å². The monoisotopic (exact) mass is 257 g/mol. The second-order valence-electron chi connectivity index (χ2n) is 3.21. The molecule has 2 aromatic heterocycles. The van der Waals surface area contributed by atoms with Gasteiger partial charge in [-0.3, -0.25) is 4.98 Å². The Labute approximate surface area is 99.4 Å². The van der Waals surface area contributed by atoms with Crippen molar-refractivity contribution in [3.63, 3.8) is 0 Å². The van der Waals surface area contributed by atoms with Gasteiger partial charge < -0.3 is 4.98 Å². The van der Waals surface area contributed by atoms with Crippen LogP contribution in [0.5, 0.6) is 0 Å². The number of halogens is 3. The summed E-state index contributed by atoms with van der Waals surface area (Å²) in [5.41, 5.74) is -0.641. The van der Waals surface area contributed by atoms with Gasteiger partial charge in [0, 0.05) is 29.7 Å². The van der Waals surface area contributed by atoms with Gasteiger partial charge in [-0.2, -0.15) is 13.2 Å². The zero-order valence-electron chi connectivity index (χ0n) is 8.32. The number of hydrogen-bond acceptors (Lipinski definition) is 3. The third-order valence-electron chi connectivity index (χ3n) is 2.14. The van der Waals surface area contributed by atoms with Crippen molar-refractivity contribution in [3.8, 4) is 11.1 Å². The average molecular weight is 257 g/mol. The van der Waals surface area contributed by atoms with Gasteiger partial charge in [-0.1, -0.05) is 12.2 Å². The van der Waals surface area contributed by atoms with Crippen molar-refractivity contribution < 1.29 is 13.2 Å². The van der Waals surface area contributed by atoms with Crippen LogP contribution in [-0.2, 0) is 6.18 Å². The zero-order chi connectivity index (χ0) is 12.5. The Bertz CT molecular complexity index is 592. The SMILES string of the molecule is FC(F)(F)c1ccncc1-c1cnc[nH]c1=S. The largest absolute Gasteiger partial charge is 0.417 e. The molecular formula is C10H6F3N3S. The van der Waals surface area contributed by atoms with E-state index in [1.165, 1.54) is 12.5 Å². The van der Waals surface area contributed by atoms with Crippen LogP contribution in [-0.4, -0.2) is 15.0 Å². The van der Waals surface area contributed by atoms with Crippen molar-refractivity contribution in [2.24, 2.45) is 0 Å². The summed E-state index contributed by atoms with van der Waals surface area (Å²) < 4.78 is 38.5. The van der Waals surface area contributed by atoms with E-state index in [2.05, 4.69) is 15.0 Å². The minimum atomic E-state index is -4.45. The van der Waals surface area contributed by atoms with Crippen LogP contribution in [0.25, 0.3) is 11.1 Å². The molecule has 0 aliphatic heterocycles. The summed E-state index contributed by atoms with van der Waals surface area (Å²) in [7, 11) is 0. The van der Waals surface area contributed by atoms with Gasteiger partial charge in [0.15, 0.2) is 0 Å². The molecule has 2 rings (SSSR count). The standard InChI is InChI=1S/C10H6F3N3S/c11-10(12,13)8-1-2-14-3-6(8)7-4-15-5-16-9(7)17/h1-5H,(H,15,16,17). The van der Waals surface area contributed by atoms with Gasteiger partial charge in [-0.25, -0.2) is 4.98 Å². The lowest BCUT2D eigenvalue weighted by molar-refractivity contribution is -0.137. The molecule has 0 unspecified atom stereocenters. The molecule has 2 heterocycles. The van der Waals surface area contributed by atoms with Crippen molar-refractivity contribution in [2.45, 2.75) is 6.18 Å². The highest BCUT2D eigenvalue weighted by atomic mass is 32.1. The normalized spacial score (nSPS) is 11.5. The fourth-order valence-corrected chi connectivity index (χ4v) is 1.61. The maximum absolute atomic E-state index is 12.8. The topological polar surface area (TPSA) is 41.6 Å². The third kappa shape index (κ3) is 2.33. The average Bonchev–Trinajstić information content (AvgIpc) is 2.28. The van der Waals surface area contributed by atoms with Crippen LogP contribution in [0.15, 0.2) is 31.0 Å². The Balaban J connectivity index is 2.69. The van der Waals surface area contributed by atoms with Gasteiger partial charge in [0.05, 0.1) is 11.9 Å². The minimum Gasteiger partial charge on any atom is -0.337 e. The summed E-state index contributed by atoms with van der Waals surface area (Å²) in [4.78, 5) is 10.0. The molecule has 0 saturated heterocycles. The summed E-state index contributed by atoms with van der Waals surface area (Å²) in [6.45, 7) is 0. The van der Waals surface area contributed by atoms with E-state index in [0.717, 1.165) is 18.5 Å². The number of alkyl halides is 3. The maximum Gasteiger partial charge on any atom is 0.417 e. The molecule has 0 radical (unpaired) electrons. The number of nitrogens with one attached hydrogen (secondary N) is 1. The third-order valence-corrected chi connectivity index (χ3v) is 2.47. The molecule has 0 aromatic carbocycles. The first-order valence-corrected chi connectivity index (χ1v) is 4.95. The molecule has 7 heteroatoms. The highest BCUT2D eigenvalue weighted by Crippen LogP contribution is 2.36. The zero-order valence-corrected chi connectivity index (χ0v) is 9.14. The van der Waals surface area contributed by atoms with Gasteiger partial charge >= 0.3 is 6.18 Å². The predicted octanol–water partition coefficient (Wildman–Crippen LogP) is 3.22. The first-order valence-electron chi connectivity index (χ1n) is 4.54. The maximum atomic E-state index is 12.8. The summed E-state index contributed by atoms with van der Waals surface area (Å²) >= 11 is 4.93. The fourth-order valence-electron chi connectivity index (χ4n) is 1.39. The Morgan fingerprint density at radius 3 is 2.47 bits per heavy atom. The molecule has 3 nitrogen and oxygen atoms in total. The van der Waals surface area contributed by atoms with Crippen LogP contribution >= 0.6 is 12.2 Å². The van der Waals surface area contributed by atoms with Crippen LogP contribution < -0.4 is 0 Å². The number of pyridine rings is 1. The van der Waals surface area contributed by atoms with Crippen molar-refractivity contribution >= 4 is 12.2 Å². The molecule has 0 saturated carbocycles. The van der Waals surface area contributed by atoms with E-state index in [-0.39, 0.29) is 15.8 Å². The lowest BCUT2D eigenvalue weighted by Gasteiger charge is -2.11. The van der Waals surface area contributed by atoms with E-state index in [9.17, 15) is 13.2 Å². The van der Waals surface area contributed by atoms with Crippen LogP contribution in [0, 0.1) is 4.64 Å². The van der Waals surface area contributed by atoms with Crippen molar-refractivity contribution in [2.75, 3.05) is 0 Å². The Morgan fingerprint density at radius 1 is 1.12 bits per heavy atom. The Hall–Kier alpha value is -1.76. The van der Waals surface area contributed by atoms with E-state index >= 15 is 0 Å². The highest BCUT2D eigenvalue weighted by Gasteiger charge is 2.33. The van der Waals surface area contributed by atoms with Gasteiger partial charge in [-0.05, 0) is 6.07 Å². The quantitative estimate of drug-likeness (QED) is 0.797.